The van der Waals surface area contributed by atoms with E-state index in [0.29, 0.717) is 5.92 Å². The summed E-state index contributed by atoms with van der Waals surface area (Å²) < 4.78 is 7.41. The van der Waals surface area contributed by atoms with E-state index in [-0.39, 0.29) is 0 Å². The lowest BCUT2D eigenvalue weighted by Crippen LogP contribution is -2.05. The van der Waals surface area contributed by atoms with Crippen LogP contribution in [0.15, 0.2) is 36.7 Å². The number of aromatic nitrogens is 2. The third kappa shape index (κ3) is 2.67. The SMILES string of the molecule is COc1cccc(Cn2ccnc2C(C)C)c1. The second-order valence-electron chi connectivity index (χ2n) is 4.42. The van der Waals surface area contributed by atoms with Crippen LogP contribution in [0.25, 0.3) is 0 Å². The molecular weight excluding hydrogens is 212 g/mol. The predicted octanol–water partition coefficient (Wildman–Crippen LogP) is 3.06. The molecule has 0 spiro atoms. The summed E-state index contributed by atoms with van der Waals surface area (Å²) in [5.74, 6) is 2.46. The lowest BCUT2D eigenvalue weighted by molar-refractivity contribution is 0.414. The summed E-state index contributed by atoms with van der Waals surface area (Å²) >= 11 is 0. The van der Waals surface area contributed by atoms with Gasteiger partial charge in [0.05, 0.1) is 7.11 Å². The number of hydrogen-bond acceptors (Lipinski definition) is 2. The van der Waals surface area contributed by atoms with Gasteiger partial charge in [-0.3, -0.25) is 0 Å². The average Bonchev–Trinajstić information content (AvgIpc) is 2.77. The Morgan fingerprint density at radius 1 is 1.35 bits per heavy atom. The number of benzene rings is 1. The molecule has 1 aromatic heterocycles. The predicted molar refractivity (Wildman–Crippen MR) is 68.4 cm³/mol. The molecule has 0 radical (unpaired) electrons. The van der Waals surface area contributed by atoms with E-state index in [9.17, 15) is 0 Å². The zero-order valence-corrected chi connectivity index (χ0v) is 10.6. The molecule has 3 nitrogen and oxygen atoms in total. The van der Waals surface area contributed by atoms with Crippen LogP contribution in [0.1, 0.15) is 31.2 Å². The van der Waals surface area contributed by atoms with Crippen LogP contribution in [-0.2, 0) is 6.54 Å². The third-order valence-electron chi connectivity index (χ3n) is 2.75. The summed E-state index contributed by atoms with van der Waals surface area (Å²) in [5, 5.41) is 0. The van der Waals surface area contributed by atoms with Crippen LogP contribution in [0.4, 0.5) is 0 Å². The van der Waals surface area contributed by atoms with Gasteiger partial charge in [0.15, 0.2) is 0 Å². The Hall–Kier alpha value is -1.77. The van der Waals surface area contributed by atoms with Crippen molar-refractivity contribution in [1.82, 2.24) is 9.55 Å². The minimum atomic E-state index is 0.440. The van der Waals surface area contributed by atoms with Gasteiger partial charge in [0.1, 0.15) is 11.6 Å². The summed E-state index contributed by atoms with van der Waals surface area (Å²) in [4.78, 5) is 4.39. The summed E-state index contributed by atoms with van der Waals surface area (Å²) in [6.45, 7) is 5.15. The Morgan fingerprint density at radius 2 is 2.18 bits per heavy atom. The van der Waals surface area contributed by atoms with Crippen molar-refractivity contribution in [3.8, 4) is 5.75 Å². The van der Waals surface area contributed by atoms with Crippen molar-refractivity contribution in [2.75, 3.05) is 7.11 Å². The molecule has 0 aliphatic rings. The monoisotopic (exact) mass is 230 g/mol. The molecule has 0 unspecified atom stereocenters. The molecule has 2 rings (SSSR count). The molecule has 0 saturated carbocycles. The number of methoxy groups -OCH3 is 1. The normalized spacial score (nSPS) is 10.8. The smallest absolute Gasteiger partial charge is 0.119 e. The molecule has 17 heavy (non-hydrogen) atoms. The minimum Gasteiger partial charge on any atom is -0.497 e. The summed E-state index contributed by atoms with van der Waals surface area (Å²) in [5.41, 5.74) is 1.23. The van der Waals surface area contributed by atoms with E-state index in [4.69, 9.17) is 4.74 Å². The molecule has 0 saturated heterocycles. The highest BCUT2D eigenvalue weighted by Crippen LogP contribution is 2.17. The van der Waals surface area contributed by atoms with E-state index in [0.717, 1.165) is 18.1 Å². The molecule has 0 N–H and O–H groups in total. The molecule has 0 atom stereocenters. The number of nitrogens with zero attached hydrogens (tertiary/aromatic N) is 2. The Morgan fingerprint density at radius 3 is 2.88 bits per heavy atom. The van der Waals surface area contributed by atoms with E-state index in [1.165, 1.54) is 5.56 Å². The maximum absolute atomic E-state index is 5.23. The van der Waals surface area contributed by atoms with Gasteiger partial charge >= 0.3 is 0 Å². The summed E-state index contributed by atoms with van der Waals surface area (Å²) in [6, 6.07) is 8.14. The first-order valence-electron chi connectivity index (χ1n) is 5.84. The molecule has 0 bridgehead atoms. The highest BCUT2D eigenvalue weighted by Gasteiger charge is 2.07. The van der Waals surface area contributed by atoms with Gasteiger partial charge in [0, 0.05) is 24.9 Å². The molecule has 3 heteroatoms. The lowest BCUT2D eigenvalue weighted by atomic mass is 10.2. The van der Waals surface area contributed by atoms with Gasteiger partial charge in [-0.05, 0) is 17.7 Å². The van der Waals surface area contributed by atoms with Crippen LogP contribution in [-0.4, -0.2) is 16.7 Å². The van der Waals surface area contributed by atoms with Crippen LogP contribution in [0.2, 0.25) is 0 Å². The van der Waals surface area contributed by atoms with Gasteiger partial charge in [-0.15, -0.1) is 0 Å². The standard InChI is InChI=1S/C14H18N2O/c1-11(2)14-15-7-8-16(14)10-12-5-4-6-13(9-12)17-3/h4-9,11H,10H2,1-3H3. The molecule has 2 aromatic rings. The van der Waals surface area contributed by atoms with Crippen LogP contribution in [0.5, 0.6) is 5.75 Å². The van der Waals surface area contributed by atoms with Crippen LogP contribution in [0.3, 0.4) is 0 Å². The van der Waals surface area contributed by atoms with Gasteiger partial charge in [-0.2, -0.15) is 0 Å². The van der Waals surface area contributed by atoms with Gasteiger partial charge in [-0.1, -0.05) is 26.0 Å². The highest BCUT2D eigenvalue weighted by molar-refractivity contribution is 5.28. The van der Waals surface area contributed by atoms with E-state index in [2.05, 4.69) is 35.5 Å². The fourth-order valence-electron chi connectivity index (χ4n) is 1.92. The molecule has 1 heterocycles. The topological polar surface area (TPSA) is 27.1 Å². The van der Waals surface area contributed by atoms with Crippen molar-refractivity contribution in [2.45, 2.75) is 26.3 Å². The Labute approximate surface area is 102 Å². The van der Waals surface area contributed by atoms with Crippen molar-refractivity contribution in [1.29, 1.82) is 0 Å². The zero-order chi connectivity index (χ0) is 12.3. The van der Waals surface area contributed by atoms with Crippen molar-refractivity contribution in [3.63, 3.8) is 0 Å². The van der Waals surface area contributed by atoms with Crippen molar-refractivity contribution in [3.05, 3.63) is 48.0 Å². The molecule has 0 fully saturated rings. The first kappa shape index (κ1) is 11.7. The fraction of sp³-hybridized carbons (Fsp3) is 0.357. The second-order valence-corrected chi connectivity index (χ2v) is 4.42. The number of imidazole rings is 1. The quantitative estimate of drug-likeness (QED) is 0.807. The molecule has 0 aliphatic heterocycles. The van der Waals surface area contributed by atoms with Gasteiger partial charge in [0.25, 0.3) is 0 Å². The Balaban J connectivity index is 2.22. The lowest BCUT2D eigenvalue weighted by Gasteiger charge is -2.11. The molecular formula is C14H18N2O. The van der Waals surface area contributed by atoms with Crippen LogP contribution in [0, 0.1) is 0 Å². The Bertz CT molecular complexity index is 488. The minimum absolute atomic E-state index is 0.440. The first-order chi connectivity index (χ1) is 8.20. The van der Waals surface area contributed by atoms with Crippen molar-refractivity contribution >= 4 is 0 Å². The zero-order valence-electron chi connectivity index (χ0n) is 10.6. The van der Waals surface area contributed by atoms with Gasteiger partial charge < -0.3 is 9.30 Å². The van der Waals surface area contributed by atoms with E-state index in [1.807, 2.05) is 24.5 Å². The van der Waals surface area contributed by atoms with Crippen LogP contribution < -0.4 is 4.74 Å². The summed E-state index contributed by atoms with van der Waals surface area (Å²) in [6.07, 6.45) is 3.88. The summed E-state index contributed by atoms with van der Waals surface area (Å²) in [7, 11) is 1.69. The number of ether oxygens (including phenoxy) is 1. The maximum atomic E-state index is 5.23. The number of rotatable bonds is 4. The average molecular weight is 230 g/mol. The van der Waals surface area contributed by atoms with E-state index < -0.39 is 0 Å². The van der Waals surface area contributed by atoms with E-state index in [1.54, 1.807) is 7.11 Å². The van der Waals surface area contributed by atoms with Crippen molar-refractivity contribution in [2.24, 2.45) is 0 Å². The number of hydrogen-bond donors (Lipinski definition) is 0. The van der Waals surface area contributed by atoms with Crippen LogP contribution >= 0.6 is 0 Å². The second kappa shape index (κ2) is 5.04. The largest absolute Gasteiger partial charge is 0.497 e. The van der Waals surface area contributed by atoms with Gasteiger partial charge in [0.2, 0.25) is 0 Å². The third-order valence-corrected chi connectivity index (χ3v) is 2.75. The first-order valence-corrected chi connectivity index (χ1v) is 5.84. The molecule has 0 amide bonds. The molecule has 90 valence electrons. The highest BCUT2D eigenvalue weighted by atomic mass is 16.5. The molecule has 0 aliphatic carbocycles. The molecule has 1 aromatic carbocycles. The Kier molecular flexibility index (Phi) is 3.47. The fourth-order valence-corrected chi connectivity index (χ4v) is 1.92. The van der Waals surface area contributed by atoms with E-state index >= 15 is 0 Å². The van der Waals surface area contributed by atoms with Gasteiger partial charge in [-0.25, -0.2) is 4.98 Å². The maximum Gasteiger partial charge on any atom is 0.119 e. The van der Waals surface area contributed by atoms with Crippen molar-refractivity contribution < 1.29 is 4.74 Å².